The zero-order chi connectivity index (χ0) is 13.8. The zero-order valence-electron chi connectivity index (χ0n) is 10.1. The number of nitrogens with zero attached hydrogens (tertiary/aromatic N) is 2. The Morgan fingerprint density at radius 2 is 2.11 bits per heavy atom. The van der Waals surface area contributed by atoms with Crippen LogP contribution in [-0.2, 0) is 10.0 Å². The van der Waals surface area contributed by atoms with Crippen molar-refractivity contribution in [3.05, 3.63) is 23.9 Å². The monoisotopic (exact) mass is 273 g/mol. The highest BCUT2D eigenvalue weighted by molar-refractivity contribution is 7.89. The van der Waals surface area contributed by atoms with Crippen molar-refractivity contribution < 1.29 is 18.3 Å². The Bertz CT molecular complexity index is 510. The minimum Gasteiger partial charge on any atom is -0.478 e. The average molecular weight is 273 g/mol. The van der Waals surface area contributed by atoms with E-state index in [2.05, 4.69) is 9.71 Å². The minimum atomic E-state index is -3.68. The summed E-state index contributed by atoms with van der Waals surface area (Å²) in [5.74, 6) is -1.15. The molecule has 0 saturated heterocycles. The molecule has 1 aromatic heterocycles. The molecule has 0 unspecified atom stereocenters. The van der Waals surface area contributed by atoms with Gasteiger partial charge < -0.3 is 10.0 Å². The second-order valence-corrected chi connectivity index (χ2v) is 5.61. The Kier molecular flexibility index (Phi) is 4.76. The van der Waals surface area contributed by atoms with Gasteiger partial charge in [0, 0.05) is 19.3 Å². The molecule has 100 valence electrons. The molecule has 0 spiro atoms. The largest absolute Gasteiger partial charge is 0.478 e. The second-order valence-electron chi connectivity index (χ2n) is 3.89. The lowest BCUT2D eigenvalue weighted by Gasteiger charge is -2.10. The quantitative estimate of drug-likeness (QED) is 0.733. The van der Waals surface area contributed by atoms with Gasteiger partial charge in [-0.1, -0.05) is 0 Å². The molecule has 0 aliphatic heterocycles. The highest BCUT2D eigenvalue weighted by atomic mass is 32.2. The van der Waals surface area contributed by atoms with E-state index in [1.165, 1.54) is 12.1 Å². The first-order chi connectivity index (χ1) is 8.33. The van der Waals surface area contributed by atoms with Crippen molar-refractivity contribution in [3.63, 3.8) is 0 Å². The van der Waals surface area contributed by atoms with Crippen LogP contribution in [0.3, 0.4) is 0 Å². The second kappa shape index (κ2) is 5.89. The maximum Gasteiger partial charge on any atom is 0.337 e. The number of carboxylic acid groups (broad SMARTS) is 1. The minimum absolute atomic E-state index is 0.0535. The number of likely N-dealkylation sites (N-methyl/N-ethyl adjacent to an activating group) is 1. The Morgan fingerprint density at radius 3 is 2.56 bits per heavy atom. The van der Waals surface area contributed by atoms with Gasteiger partial charge in [-0.15, -0.1) is 0 Å². The molecule has 0 saturated carbocycles. The van der Waals surface area contributed by atoms with Gasteiger partial charge in [-0.05, 0) is 26.2 Å². The van der Waals surface area contributed by atoms with Crippen molar-refractivity contribution in [2.24, 2.45) is 0 Å². The molecular formula is C10H15N3O4S. The van der Waals surface area contributed by atoms with Gasteiger partial charge >= 0.3 is 5.97 Å². The fraction of sp³-hybridized carbons (Fsp3) is 0.400. The molecule has 0 atom stereocenters. The van der Waals surface area contributed by atoms with Gasteiger partial charge in [0.05, 0.1) is 5.56 Å². The Balaban J connectivity index is 2.76. The molecule has 1 aromatic rings. The third-order valence-corrected chi connectivity index (χ3v) is 3.49. The maximum absolute atomic E-state index is 11.8. The van der Waals surface area contributed by atoms with E-state index < -0.39 is 16.0 Å². The topological polar surface area (TPSA) is 99.6 Å². The molecule has 2 N–H and O–H groups in total. The van der Waals surface area contributed by atoms with Crippen LogP contribution in [0.5, 0.6) is 0 Å². The molecule has 0 aromatic carbocycles. The number of rotatable bonds is 6. The smallest absolute Gasteiger partial charge is 0.337 e. The molecule has 0 amide bonds. The average Bonchev–Trinajstić information content (AvgIpc) is 2.28. The first-order valence-electron chi connectivity index (χ1n) is 5.16. The van der Waals surface area contributed by atoms with E-state index in [-0.39, 0.29) is 17.1 Å². The number of hydrogen-bond donors (Lipinski definition) is 2. The van der Waals surface area contributed by atoms with Crippen LogP contribution in [0.15, 0.2) is 23.4 Å². The first kappa shape index (κ1) is 14.6. The lowest BCUT2D eigenvalue weighted by Crippen LogP contribution is -2.31. The molecule has 1 heterocycles. The van der Waals surface area contributed by atoms with Crippen LogP contribution in [0, 0.1) is 0 Å². The van der Waals surface area contributed by atoms with E-state index in [4.69, 9.17) is 5.11 Å². The summed E-state index contributed by atoms with van der Waals surface area (Å²) in [6.45, 7) is 0.824. The third kappa shape index (κ3) is 4.06. The Hall–Kier alpha value is -1.51. The van der Waals surface area contributed by atoms with Crippen molar-refractivity contribution in [1.82, 2.24) is 14.6 Å². The van der Waals surface area contributed by atoms with Crippen molar-refractivity contribution in [1.29, 1.82) is 0 Å². The van der Waals surface area contributed by atoms with Gasteiger partial charge in [-0.25, -0.2) is 22.9 Å². The summed E-state index contributed by atoms with van der Waals surface area (Å²) in [5, 5.41) is 8.48. The Morgan fingerprint density at radius 1 is 1.44 bits per heavy atom. The summed E-state index contributed by atoms with van der Waals surface area (Å²) < 4.78 is 25.9. The molecule has 0 fully saturated rings. The van der Waals surface area contributed by atoms with Crippen molar-refractivity contribution in [2.75, 3.05) is 27.2 Å². The number of hydrogen-bond acceptors (Lipinski definition) is 5. The lowest BCUT2D eigenvalue weighted by atomic mass is 10.3. The van der Waals surface area contributed by atoms with E-state index in [1.807, 2.05) is 19.0 Å². The third-order valence-electron chi connectivity index (χ3n) is 2.11. The molecule has 0 aliphatic carbocycles. The van der Waals surface area contributed by atoms with E-state index in [0.717, 1.165) is 6.20 Å². The summed E-state index contributed by atoms with van der Waals surface area (Å²) in [4.78, 5) is 16.1. The molecule has 0 radical (unpaired) electrons. The number of carbonyl (C=O) groups is 1. The normalized spacial score (nSPS) is 11.7. The van der Waals surface area contributed by atoms with E-state index in [1.54, 1.807) is 0 Å². The fourth-order valence-electron chi connectivity index (χ4n) is 1.14. The van der Waals surface area contributed by atoms with E-state index in [0.29, 0.717) is 6.54 Å². The molecule has 1 rings (SSSR count). The van der Waals surface area contributed by atoms with Gasteiger partial charge in [-0.3, -0.25) is 0 Å². The predicted octanol–water partition coefficient (Wildman–Crippen LogP) is -0.380. The van der Waals surface area contributed by atoms with Crippen molar-refractivity contribution in [3.8, 4) is 0 Å². The summed E-state index contributed by atoms with van der Waals surface area (Å²) in [6, 6.07) is 2.37. The van der Waals surface area contributed by atoms with Crippen LogP contribution < -0.4 is 4.72 Å². The van der Waals surface area contributed by atoms with Gasteiger partial charge in [0.15, 0.2) is 5.03 Å². The van der Waals surface area contributed by atoms with Crippen LogP contribution in [0.4, 0.5) is 0 Å². The number of pyridine rings is 1. The zero-order valence-corrected chi connectivity index (χ0v) is 10.9. The molecular weight excluding hydrogens is 258 g/mol. The van der Waals surface area contributed by atoms with Gasteiger partial charge in [0.1, 0.15) is 0 Å². The number of aromatic carboxylic acids is 1. The Labute approximate surface area is 106 Å². The van der Waals surface area contributed by atoms with E-state index >= 15 is 0 Å². The van der Waals surface area contributed by atoms with E-state index in [9.17, 15) is 13.2 Å². The predicted molar refractivity (Wildman–Crippen MR) is 64.9 cm³/mol. The maximum atomic E-state index is 11.8. The SMILES string of the molecule is CN(C)CCNS(=O)(=O)c1ccc(C(=O)O)cn1. The molecule has 0 aliphatic rings. The van der Waals surface area contributed by atoms with Crippen molar-refractivity contribution >= 4 is 16.0 Å². The van der Waals surface area contributed by atoms with Gasteiger partial charge in [0.2, 0.25) is 0 Å². The van der Waals surface area contributed by atoms with Crippen LogP contribution in [0.1, 0.15) is 10.4 Å². The summed E-state index contributed by atoms with van der Waals surface area (Å²) in [6.07, 6.45) is 1.02. The summed E-state index contributed by atoms with van der Waals surface area (Å²) in [5.41, 5.74) is -0.0535. The van der Waals surface area contributed by atoms with Crippen LogP contribution >= 0.6 is 0 Å². The highest BCUT2D eigenvalue weighted by Gasteiger charge is 2.15. The molecule has 18 heavy (non-hydrogen) atoms. The number of sulfonamides is 1. The van der Waals surface area contributed by atoms with Crippen LogP contribution in [0.25, 0.3) is 0 Å². The van der Waals surface area contributed by atoms with Crippen LogP contribution in [-0.4, -0.2) is 56.6 Å². The number of carboxylic acids is 1. The lowest BCUT2D eigenvalue weighted by molar-refractivity contribution is 0.0696. The molecule has 8 heteroatoms. The number of aromatic nitrogens is 1. The molecule has 0 bridgehead atoms. The number of nitrogens with one attached hydrogen (secondary N) is 1. The first-order valence-corrected chi connectivity index (χ1v) is 6.65. The van der Waals surface area contributed by atoms with Crippen LogP contribution in [0.2, 0.25) is 0 Å². The highest BCUT2D eigenvalue weighted by Crippen LogP contribution is 2.06. The standard InChI is InChI=1S/C10H15N3O4S/c1-13(2)6-5-12-18(16,17)9-4-3-8(7-11-9)10(14)15/h3-4,7,12H,5-6H2,1-2H3,(H,14,15). The van der Waals surface area contributed by atoms with Gasteiger partial charge in [-0.2, -0.15) is 0 Å². The summed E-state index contributed by atoms with van der Waals surface area (Å²) >= 11 is 0. The van der Waals surface area contributed by atoms with Gasteiger partial charge in [0.25, 0.3) is 10.0 Å². The fourth-order valence-corrected chi connectivity index (χ4v) is 2.09. The molecule has 7 nitrogen and oxygen atoms in total. The summed E-state index contributed by atoms with van der Waals surface area (Å²) in [7, 11) is -0.0240. The van der Waals surface area contributed by atoms with Crippen molar-refractivity contribution in [2.45, 2.75) is 5.03 Å².